The van der Waals surface area contributed by atoms with Crippen LogP contribution in [0.5, 0.6) is 0 Å². The van der Waals surface area contributed by atoms with Crippen LogP contribution in [-0.4, -0.2) is 95.9 Å². The molecule has 7 unspecified atom stereocenters. The largest absolute Gasteiger partial charge is 0.463 e. The molecule has 0 bridgehead atoms. The minimum absolute atomic E-state index is 0.0402. The van der Waals surface area contributed by atoms with Gasteiger partial charge in [0.05, 0.1) is 18.8 Å². The highest BCUT2D eigenvalue weighted by Gasteiger charge is 2.47. The molecule has 0 saturated carbocycles. The second kappa shape index (κ2) is 9.38. The topological polar surface area (TPSA) is 144 Å². The maximum absolute atomic E-state index is 11.0. The van der Waals surface area contributed by atoms with Gasteiger partial charge in [-0.3, -0.25) is 4.79 Å². The van der Waals surface area contributed by atoms with Crippen LogP contribution >= 0.6 is 0 Å². The molecule has 26 heavy (non-hydrogen) atoms. The Morgan fingerprint density at radius 2 is 1.77 bits per heavy atom. The summed E-state index contributed by atoms with van der Waals surface area (Å²) < 4.78 is 26.8. The van der Waals surface area contributed by atoms with E-state index in [2.05, 4.69) is 0 Å². The number of aliphatic hydroxyl groups excluding tert-OH is 4. The predicted octanol–water partition coefficient (Wildman–Crippen LogP) is -1.87. The fourth-order valence-electron chi connectivity index (χ4n) is 3.17. The van der Waals surface area contributed by atoms with Crippen LogP contribution in [0.4, 0.5) is 0 Å². The molecule has 0 aromatic heterocycles. The molecular formula is C16H28O10. The van der Waals surface area contributed by atoms with E-state index in [4.69, 9.17) is 23.7 Å². The molecule has 0 aromatic carbocycles. The van der Waals surface area contributed by atoms with Crippen molar-refractivity contribution < 1.29 is 48.9 Å². The van der Waals surface area contributed by atoms with Gasteiger partial charge in [-0.15, -0.1) is 0 Å². The second-order valence-electron chi connectivity index (χ2n) is 6.63. The Hall–Kier alpha value is -0.850. The summed E-state index contributed by atoms with van der Waals surface area (Å²) in [6, 6.07) is 0. The standard InChI is InChI=1S/C16H28O10/c1-7-14(13(21)11(5-17)24-15(7)22-3)26-16-10(20)4-9(19)12(25-16)6-23-8(2)18/h7,9-17,19-21H,4-6H2,1-3H3/t7?,9-,10-,11?,12?,13?,14?,15?,16?/m0/s1. The fraction of sp³-hybridized carbons (Fsp3) is 0.938. The minimum atomic E-state index is -1.17. The van der Waals surface area contributed by atoms with E-state index in [9.17, 15) is 25.2 Å². The third-order valence-corrected chi connectivity index (χ3v) is 4.66. The number of carbonyl (C=O) groups excluding carboxylic acids is 1. The number of hydrogen-bond acceptors (Lipinski definition) is 10. The molecule has 10 nitrogen and oxygen atoms in total. The smallest absolute Gasteiger partial charge is 0.302 e. The molecule has 2 aliphatic heterocycles. The van der Waals surface area contributed by atoms with Crippen LogP contribution in [0.1, 0.15) is 20.3 Å². The van der Waals surface area contributed by atoms with Gasteiger partial charge in [0.25, 0.3) is 0 Å². The first-order valence-corrected chi connectivity index (χ1v) is 8.56. The predicted molar refractivity (Wildman–Crippen MR) is 84.7 cm³/mol. The van der Waals surface area contributed by atoms with Crippen molar-refractivity contribution in [3.63, 3.8) is 0 Å². The zero-order valence-electron chi connectivity index (χ0n) is 15.1. The highest BCUT2D eigenvalue weighted by molar-refractivity contribution is 5.65. The summed E-state index contributed by atoms with van der Waals surface area (Å²) in [7, 11) is 1.43. The number of rotatable bonds is 6. The van der Waals surface area contributed by atoms with Gasteiger partial charge >= 0.3 is 5.97 Å². The Morgan fingerprint density at radius 3 is 2.35 bits per heavy atom. The molecule has 0 radical (unpaired) electrons. The van der Waals surface area contributed by atoms with Gasteiger partial charge in [0.2, 0.25) is 0 Å². The van der Waals surface area contributed by atoms with Crippen LogP contribution in [0.2, 0.25) is 0 Å². The van der Waals surface area contributed by atoms with Crippen LogP contribution in [0, 0.1) is 5.92 Å². The van der Waals surface area contributed by atoms with Gasteiger partial charge in [0, 0.05) is 26.4 Å². The van der Waals surface area contributed by atoms with E-state index >= 15 is 0 Å². The van der Waals surface area contributed by atoms with Crippen molar-refractivity contribution in [1.29, 1.82) is 0 Å². The van der Waals surface area contributed by atoms with Crippen LogP contribution < -0.4 is 0 Å². The van der Waals surface area contributed by atoms with Crippen molar-refractivity contribution in [2.45, 2.75) is 69.5 Å². The first kappa shape index (κ1) is 21.5. The van der Waals surface area contributed by atoms with Gasteiger partial charge in [-0.1, -0.05) is 6.92 Å². The summed E-state index contributed by atoms with van der Waals surface area (Å²) in [4.78, 5) is 11.0. The zero-order chi connectivity index (χ0) is 19.4. The molecule has 2 heterocycles. The first-order chi connectivity index (χ1) is 12.3. The zero-order valence-corrected chi connectivity index (χ0v) is 15.1. The third kappa shape index (κ3) is 4.90. The maximum Gasteiger partial charge on any atom is 0.302 e. The average molecular weight is 380 g/mol. The Kier molecular flexibility index (Phi) is 7.74. The Balaban J connectivity index is 2.06. The monoisotopic (exact) mass is 380 g/mol. The lowest BCUT2D eigenvalue weighted by molar-refractivity contribution is -0.337. The van der Waals surface area contributed by atoms with E-state index < -0.39 is 67.7 Å². The Morgan fingerprint density at radius 1 is 1.12 bits per heavy atom. The number of methoxy groups -OCH3 is 1. The number of ether oxygens (including phenoxy) is 5. The molecule has 9 atom stereocenters. The van der Waals surface area contributed by atoms with Crippen molar-refractivity contribution in [1.82, 2.24) is 0 Å². The number of hydrogen-bond donors (Lipinski definition) is 4. The molecular weight excluding hydrogens is 352 g/mol. The Labute approximate surface area is 151 Å². The van der Waals surface area contributed by atoms with E-state index in [1.165, 1.54) is 14.0 Å². The summed E-state index contributed by atoms with van der Waals surface area (Å²) in [6.07, 6.45) is -7.89. The lowest BCUT2D eigenvalue weighted by Gasteiger charge is -2.45. The molecule has 152 valence electrons. The summed E-state index contributed by atoms with van der Waals surface area (Å²) in [5, 5.41) is 39.9. The third-order valence-electron chi connectivity index (χ3n) is 4.66. The second-order valence-corrected chi connectivity index (χ2v) is 6.63. The molecule has 2 saturated heterocycles. The van der Waals surface area contributed by atoms with Crippen LogP contribution in [-0.2, 0) is 28.5 Å². The normalized spacial score (nSPS) is 43.9. The molecule has 0 amide bonds. The average Bonchev–Trinajstić information content (AvgIpc) is 2.59. The van der Waals surface area contributed by atoms with Crippen LogP contribution in [0.3, 0.4) is 0 Å². The summed E-state index contributed by atoms with van der Waals surface area (Å²) in [5.74, 6) is -0.945. The molecule has 2 fully saturated rings. The molecule has 0 aliphatic carbocycles. The van der Waals surface area contributed by atoms with Gasteiger partial charge in [-0.05, 0) is 0 Å². The lowest BCUT2D eigenvalue weighted by Crippen LogP contribution is -2.59. The van der Waals surface area contributed by atoms with Gasteiger partial charge in [0.15, 0.2) is 12.6 Å². The van der Waals surface area contributed by atoms with Crippen molar-refractivity contribution in [2.24, 2.45) is 5.92 Å². The maximum atomic E-state index is 11.0. The molecule has 10 heteroatoms. The van der Waals surface area contributed by atoms with Gasteiger partial charge in [-0.25, -0.2) is 0 Å². The number of aliphatic hydroxyl groups is 4. The SMILES string of the molecule is COC1OC(CO)C(O)C(OC2OC(COC(C)=O)[C@@H](O)C[C@@H]2O)C1C. The summed E-state index contributed by atoms with van der Waals surface area (Å²) in [5.41, 5.74) is 0. The Bertz CT molecular complexity index is 444. The minimum Gasteiger partial charge on any atom is -0.463 e. The number of carbonyl (C=O) groups is 1. The van der Waals surface area contributed by atoms with E-state index in [1.54, 1.807) is 6.92 Å². The molecule has 0 aromatic rings. The molecule has 2 aliphatic rings. The fourth-order valence-corrected chi connectivity index (χ4v) is 3.17. The van der Waals surface area contributed by atoms with Gasteiger partial charge in [0.1, 0.15) is 31.0 Å². The molecule has 4 N–H and O–H groups in total. The van der Waals surface area contributed by atoms with Crippen molar-refractivity contribution >= 4 is 5.97 Å². The quantitative estimate of drug-likeness (QED) is 0.387. The highest BCUT2D eigenvalue weighted by atomic mass is 16.7. The highest BCUT2D eigenvalue weighted by Crippen LogP contribution is 2.32. The summed E-state index contributed by atoms with van der Waals surface area (Å²) >= 11 is 0. The first-order valence-electron chi connectivity index (χ1n) is 8.56. The van der Waals surface area contributed by atoms with Crippen molar-refractivity contribution in [3.8, 4) is 0 Å². The van der Waals surface area contributed by atoms with Gasteiger partial charge in [-0.2, -0.15) is 0 Å². The van der Waals surface area contributed by atoms with Gasteiger partial charge < -0.3 is 44.1 Å². The van der Waals surface area contributed by atoms with E-state index in [1.807, 2.05) is 0 Å². The molecule has 0 spiro atoms. The van der Waals surface area contributed by atoms with E-state index in [-0.39, 0.29) is 13.0 Å². The van der Waals surface area contributed by atoms with Crippen LogP contribution in [0.15, 0.2) is 0 Å². The van der Waals surface area contributed by atoms with Crippen molar-refractivity contribution in [2.75, 3.05) is 20.3 Å². The molecule has 2 rings (SSSR count). The van der Waals surface area contributed by atoms with Crippen molar-refractivity contribution in [3.05, 3.63) is 0 Å². The van der Waals surface area contributed by atoms with E-state index in [0.29, 0.717) is 0 Å². The number of esters is 1. The van der Waals surface area contributed by atoms with E-state index in [0.717, 1.165) is 0 Å². The summed E-state index contributed by atoms with van der Waals surface area (Å²) in [6.45, 7) is 2.35. The van der Waals surface area contributed by atoms with Crippen LogP contribution in [0.25, 0.3) is 0 Å². The lowest BCUT2D eigenvalue weighted by atomic mass is 9.92.